The Morgan fingerprint density at radius 1 is 1.57 bits per heavy atom. The zero-order chi connectivity index (χ0) is 10.7. The minimum atomic E-state index is -0.197. The Morgan fingerprint density at radius 3 is 2.71 bits per heavy atom. The summed E-state index contributed by atoms with van der Waals surface area (Å²) in [6.45, 7) is 7.02. The van der Waals surface area contributed by atoms with Crippen molar-refractivity contribution in [3.05, 3.63) is 0 Å². The number of nitrogens with two attached hydrogens (primary N) is 1. The maximum absolute atomic E-state index is 11.3. The van der Waals surface area contributed by atoms with E-state index < -0.39 is 0 Å². The van der Waals surface area contributed by atoms with Crippen molar-refractivity contribution >= 4 is 5.91 Å². The molecule has 4 nitrogen and oxygen atoms in total. The van der Waals surface area contributed by atoms with Crippen molar-refractivity contribution in [1.29, 1.82) is 0 Å². The first-order chi connectivity index (χ1) is 6.56. The molecule has 1 rings (SSSR count). The van der Waals surface area contributed by atoms with Crippen molar-refractivity contribution in [2.75, 3.05) is 26.7 Å². The predicted molar refractivity (Wildman–Crippen MR) is 56.9 cm³/mol. The fourth-order valence-corrected chi connectivity index (χ4v) is 1.95. The number of nitrogens with zero attached hydrogens (tertiary/aromatic N) is 2. The van der Waals surface area contributed by atoms with Gasteiger partial charge >= 0.3 is 0 Å². The van der Waals surface area contributed by atoms with E-state index in [4.69, 9.17) is 5.73 Å². The van der Waals surface area contributed by atoms with Crippen molar-refractivity contribution in [3.63, 3.8) is 0 Å². The van der Waals surface area contributed by atoms with Gasteiger partial charge in [-0.25, -0.2) is 0 Å². The number of rotatable bonds is 3. The summed E-state index contributed by atoms with van der Waals surface area (Å²) < 4.78 is 0. The van der Waals surface area contributed by atoms with E-state index in [0.717, 1.165) is 26.1 Å². The maximum Gasteiger partial charge on any atom is 0.236 e. The summed E-state index contributed by atoms with van der Waals surface area (Å²) in [7, 11) is 2.03. The Hall–Kier alpha value is -0.610. The molecule has 0 aromatic rings. The molecule has 1 amide bonds. The van der Waals surface area contributed by atoms with Crippen LogP contribution in [0.3, 0.4) is 0 Å². The third kappa shape index (κ3) is 2.45. The van der Waals surface area contributed by atoms with E-state index in [0.29, 0.717) is 6.04 Å². The Balaban J connectivity index is 2.67. The van der Waals surface area contributed by atoms with E-state index in [1.54, 1.807) is 0 Å². The summed E-state index contributed by atoms with van der Waals surface area (Å²) in [4.78, 5) is 15.7. The molecule has 0 aliphatic carbocycles. The average Bonchev–Trinajstić information content (AvgIpc) is 2.16. The summed E-state index contributed by atoms with van der Waals surface area (Å²) in [6.07, 6.45) is 1.06. The van der Waals surface area contributed by atoms with Crippen molar-refractivity contribution in [2.24, 2.45) is 5.73 Å². The largest absolute Gasteiger partial charge is 0.368 e. The van der Waals surface area contributed by atoms with E-state index in [1.165, 1.54) is 0 Å². The number of primary amides is 1. The molecule has 0 aromatic carbocycles. The molecule has 1 aliphatic heterocycles. The minimum absolute atomic E-state index is 0.108. The summed E-state index contributed by atoms with van der Waals surface area (Å²) in [5.74, 6) is -0.197. The normalized spacial score (nSPS) is 27.5. The molecule has 1 saturated heterocycles. The van der Waals surface area contributed by atoms with Gasteiger partial charge < -0.3 is 10.6 Å². The van der Waals surface area contributed by atoms with Gasteiger partial charge in [-0.3, -0.25) is 9.69 Å². The zero-order valence-electron chi connectivity index (χ0n) is 9.36. The molecule has 2 N–H and O–H groups in total. The molecular formula is C10H21N3O. The summed E-state index contributed by atoms with van der Waals surface area (Å²) in [6, 6.07) is 0.338. The van der Waals surface area contributed by atoms with Crippen LogP contribution in [0.5, 0.6) is 0 Å². The highest BCUT2D eigenvalue weighted by Crippen LogP contribution is 2.13. The molecule has 0 bridgehead atoms. The molecule has 0 radical (unpaired) electrons. The van der Waals surface area contributed by atoms with Crippen LogP contribution in [-0.4, -0.2) is 54.5 Å². The number of carbonyl (C=O) groups excluding carboxylic acids is 1. The molecule has 4 heteroatoms. The molecule has 1 aliphatic rings. The molecule has 2 atom stereocenters. The van der Waals surface area contributed by atoms with Crippen LogP contribution in [0.1, 0.15) is 20.3 Å². The lowest BCUT2D eigenvalue weighted by Gasteiger charge is -2.41. The SMILES string of the molecule is CCC(C)N1CCN(C)C[C@@H]1C(N)=O. The topological polar surface area (TPSA) is 49.6 Å². The number of likely N-dealkylation sites (N-methyl/N-ethyl adjacent to an activating group) is 1. The van der Waals surface area contributed by atoms with Crippen LogP contribution in [0.2, 0.25) is 0 Å². The second kappa shape index (κ2) is 4.75. The second-order valence-electron chi connectivity index (χ2n) is 4.18. The lowest BCUT2D eigenvalue weighted by molar-refractivity contribution is -0.126. The summed E-state index contributed by atoms with van der Waals surface area (Å²) in [5, 5.41) is 0. The third-order valence-corrected chi connectivity index (χ3v) is 3.11. The number of carbonyl (C=O) groups is 1. The smallest absolute Gasteiger partial charge is 0.236 e. The van der Waals surface area contributed by atoms with Gasteiger partial charge in [0.2, 0.25) is 5.91 Å². The monoisotopic (exact) mass is 199 g/mol. The number of amides is 1. The predicted octanol–water partition coefficient (Wildman–Crippen LogP) is -0.114. The molecule has 0 saturated carbocycles. The van der Waals surface area contributed by atoms with Gasteiger partial charge in [-0.15, -0.1) is 0 Å². The van der Waals surface area contributed by atoms with Gasteiger partial charge in [0.15, 0.2) is 0 Å². The Morgan fingerprint density at radius 2 is 2.21 bits per heavy atom. The molecule has 0 aromatic heterocycles. The van der Waals surface area contributed by atoms with E-state index in [1.807, 2.05) is 7.05 Å². The highest BCUT2D eigenvalue weighted by atomic mass is 16.1. The van der Waals surface area contributed by atoms with Crippen molar-refractivity contribution in [2.45, 2.75) is 32.4 Å². The van der Waals surface area contributed by atoms with Crippen LogP contribution in [0.4, 0.5) is 0 Å². The Kier molecular flexibility index (Phi) is 3.89. The van der Waals surface area contributed by atoms with Crippen LogP contribution >= 0.6 is 0 Å². The summed E-state index contributed by atoms with van der Waals surface area (Å²) >= 11 is 0. The molecule has 14 heavy (non-hydrogen) atoms. The van der Waals surface area contributed by atoms with Gasteiger partial charge in [0, 0.05) is 25.7 Å². The number of hydrogen-bond donors (Lipinski definition) is 1. The molecule has 1 fully saturated rings. The first kappa shape index (κ1) is 11.5. The van der Waals surface area contributed by atoms with Crippen molar-refractivity contribution in [1.82, 2.24) is 9.80 Å². The van der Waals surface area contributed by atoms with Gasteiger partial charge in [-0.2, -0.15) is 0 Å². The first-order valence-corrected chi connectivity index (χ1v) is 5.29. The highest BCUT2D eigenvalue weighted by Gasteiger charge is 2.31. The van der Waals surface area contributed by atoms with Gasteiger partial charge in [0.05, 0.1) is 0 Å². The number of hydrogen-bond acceptors (Lipinski definition) is 3. The fourth-order valence-electron chi connectivity index (χ4n) is 1.95. The van der Waals surface area contributed by atoms with Crippen LogP contribution < -0.4 is 5.73 Å². The highest BCUT2D eigenvalue weighted by molar-refractivity contribution is 5.80. The van der Waals surface area contributed by atoms with Gasteiger partial charge in [-0.05, 0) is 20.4 Å². The molecule has 0 spiro atoms. The summed E-state index contributed by atoms with van der Waals surface area (Å²) in [5.41, 5.74) is 5.41. The second-order valence-corrected chi connectivity index (χ2v) is 4.18. The van der Waals surface area contributed by atoms with Crippen LogP contribution in [0, 0.1) is 0 Å². The molecular weight excluding hydrogens is 178 g/mol. The lowest BCUT2D eigenvalue weighted by atomic mass is 10.1. The molecule has 82 valence electrons. The Labute approximate surface area is 86.0 Å². The lowest BCUT2D eigenvalue weighted by Crippen LogP contribution is -2.59. The van der Waals surface area contributed by atoms with Crippen molar-refractivity contribution in [3.8, 4) is 0 Å². The zero-order valence-corrected chi connectivity index (χ0v) is 9.36. The van der Waals surface area contributed by atoms with Crippen LogP contribution in [0.15, 0.2) is 0 Å². The quantitative estimate of drug-likeness (QED) is 0.690. The third-order valence-electron chi connectivity index (χ3n) is 3.11. The molecule has 1 unspecified atom stereocenters. The maximum atomic E-state index is 11.3. The minimum Gasteiger partial charge on any atom is -0.368 e. The van der Waals surface area contributed by atoms with E-state index in [-0.39, 0.29) is 11.9 Å². The van der Waals surface area contributed by atoms with Gasteiger partial charge in [-0.1, -0.05) is 6.92 Å². The van der Waals surface area contributed by atoms with E-state index >= 15 is 0 Å². The van der Waals surface area contributed by atoms with E-state index in [2.05, 4.69) is 23.6 Å². The Bertz CT molecular complexity index is 208. The van der Waals surface area contributed by atoms with Crippen LogP contribution in [0.25, 0.3) is 0 Å². The van der Waals surface area contributed by atoms with Gasteiger partial charge in [0.1, 0.15) is 6.04 Å². The van der Waals surface area contributed by atoms with Crippen molar-refractivity contribution < 1.29 is 4.79 Å². The first-order valence-electron chi connectivity index (χ1n) is 5.29. The molecule has 1 heterocycles. The fraction of sp³-hybridized carbons (Fsp3) is 0.900. The van der Waals surface area contributed by atoms with E-state index in [9.17, 15) is 4.79 Å². The van der Waals surface area contributed by atoms with Gasteiger partial charge in [0.25, 0.3) is 0 Å². The average molecular weight is 199 g/mol. The standard InChI is InChI=1S/C10H21N3O/c1-4-8(2)13-6-5-12(3)7-9(13)10(11)14/h8-9H,4-7H2,1-3H3,(H2,11,14)/t8?,9-/m1/s1. The van der Waals surface area contributed by atoms with Crippen LogP contribution in [-0.2, 0) is 4.79 Å². The number of piperazine rings is 1.